The zero-order chi connectivity index (χ0) is 22.1. The molecule has 31 heavy (non-hydrogen) atoms. The zero-order valence-corrected chi connectivity index (χ0v) is 19.5. The maximum absolute atomic E-state index is 12.3. The van der Waals surface area contributed by atoms with Gasteiger partial charge in [-0.2, -0.15) is 0 Å². The predicted molar refractivity (Wildman–Crippen MR) is 125 cm³/mol. The van der Waals surface area contributed by atoms with Gasteiger partial charge in [0.1, 0.15) is 5.60 Å². The van der Waals surface area contributed by atoms with Crippen LogP contribution in [0.3, 0.4) is 0 Å². The van der Waals surface area contributed by atoms with Crippen molar-refractivity contribution in [3.05, 3.63) is 53.5 Å². The molecule has 1 aromatic rings. The van der Waals surface area contributed by atoms with E-state index in [4.69, 9.17) is 0 Å². The van der Waals surface area contributed by atoms with Crippen LogP contribution in [0.4, 0.5) is 0 Å². The van der Waals surface area contributed by atoms with Gasteiger partial charge in [0, 0.05) is 21.6 Å². The molecule has 4 heteroatoms. The first-order valence-electron chi connectivity index (χ1n) is 11.7. The molecule has 1 unspecified atom stereocenters. The summed E-state index contributed by atoms with van der Waals surface area (Å²) in [6.07, 6.45) is 8.15. The number of carbonyl (C=O) groups is 1. The first kappa shape index (κ1) is 21.5. The molecular formula is C27H34O3S. The van der Waals surface area contributed by atoms with E-state index in [1.165, 1.54) is 17.3 Å². The quantitative estimate of drug-likeness (QED) is 0.597. The van der Waals surface area contributed by atoms with Crippen LogP contribution >= 0.6 is 11.8 Å². The average molecular weight is 439 g/mol. The van der Waals surface area contributed by atoms with Gasteiger partial charge < -0.3 is 10.2 Å². The number of aliphatic hydroxyl groups is 2. The Labute approximate surface area is 190 Å². The number of hydrogen-bond donors (Lipinski definition) is 2. The van der Waals surface area contributed by atoms with Crippen molar-refractivity contribution in [2.24, 2.45) is 22.7 Å². The van der Waals surface area contributed by atoms with Crippen molar-refractivity contribution >= 4 is 17.5 Å². The molecule has 4 aliphatic carbocycles. The SMILES string of the molecule is C=C(Sc1ccccc1)C1(O)CC[C@@]2(O)[C@@H]3CCC4=CC(=O)CC[C@]4(C)[C@@H]3CC[C@]12C. The molecule has 166 valence electrons. The van der Waals surface area contributed by atoms with Crippen molar-refractivity contribution in [3.8, 4) is 0 Å². The second-order valence-corrected chi connectivity index (χ2v) is 12.0. The van der Waals surface area contributed by atoms with Gasteiger partial charge in [-0.15, -0.1) is 0 Å². The van der Waals surface area contributed by atoms with Crippen LogP contribution in [0.1, 0.15) is 65.2 Å². The average Bonchev–Trinajstić information content (AvgIpc) is 2.97. The summed E-state index contributed by atoms with van der Waals surface area (Å²) in [5.74, 6) is 0.788. The highest BCUT2D eigenvalue weighted by atomic mass is 32.2. The summed E-state index contributed by atoms with van der Waals surface area (Å²) in [6.45, 7) is 8.74. The minimum Gasteiger partial charge on any atom is -0.389 e. The smallest absolute Gasteiger partial charge is 0.155 e. The van der Waals surface area contributed by atoms with Gasteiger partial charge in [0.2, 0.25) is 0 Å². The van der Waals surface area contributed by atoms with E-state index in [0.29, 0.717) is 25.2 Å². The topological polar surface area (TPSA) is 57.5 Å². The van der Waals surface area contributed by atoms with Gasteiger partial charge in [-0.25, -0.2) is 0 Å². The first-order valence-corrected chi connectivity index (χ1v) is 12.6. The highest BCUT2D eigenvalue weighted by Gasteiger charge is 2.71. The van der Waals surface area contributed by atoms with Gasteiger partial charge in [0.15, 0.2) is 5.78 Å². The molecule has 0 saturated heterocycles. The Morgan fingerprint density at radius 2 is 1.74 bits per heavy atom. The lowest BCUT2D eigenvalue weighted by Crippen LogP contribution is -2.64. The molecule has 5 rings (SSSR count). The molecule has 2 N–H and O–H groups in total. The fourth-order valence-corrected chi connectivity index (χ4v) is 8.78. The number of fused-ring (bicyclic) bond motifs is 5. The van der Waals surface area contributed by atoms with E-state index in [0.717, 1.165) is 41.9 Å². The van der Waals surface area contributed by atoms with Crippen molar-refractivity contribution in [3.63, 3.8) is 0 Å². The van der Waals surface area contributed by atoms with E-state index in [-0.39, 0.29) is 17.1 Å². The second-order valence-electron chi connectivity index (χ2n) is 10.8. The number of carbonyl (C=O) groups excluding carboxylic acids is 1. The predicted octanol–water partition coefficient (Wildman–Crippen LogP) is 5.67. The van der Waals surface area contributed by atoms with Crippen molar-refractivity contribution in [2.45, 2.75) is 81.3 Å². The molecule has 0 aliphatic heterocycles. The largest absolute Gasteiger partial charge is 0.389 e. The number of rotatable bonds is 3. The Morgan fingerprint density at radius 3 is 2.48 bits per heavy atom. The van der Waals surface area contributed by atoms with Crippen LogP contribution in [0.15, 0.2) is 58.4 Å². The fourth-order valence-electron chi connectivity index (χ4n) is 7.71. The summed E-state index contributed by atoms with van der Waals surface area (Å²) in [6, 6.07) is 10.1. The first-order chi connectivity index (χ1) is 14.6. The van der Waals surface area contributed by atoms with Crippen LogP contribution in [-0.4, -0.2) is 27.2 Å². The Balaban J connectivity index is 1.47. The Bertz CT molecular complexity index is 954. The molecule has 0 heterocycles. The van der Waals surface area contributed by atoms with E-state index in [1.54, 1.807) is 0 Å². The Morgan fingerprint density at radius 1 is 1.00 bits per heavy atom. The molecule has 0 radical (unpaired) electrons. The van der Waals surface area contributed by atoms with Crippen LogP contribution < -0.4 is 0 Å². The lowest BCUT2D eigenvalue weighted by atomic mass is 9.45. The molecule has 0 aromatic heterocycles. The van der Waals surface area contributed by atoms with Crippen LogP contribution in [0.25, 0.3) is 0 Å². The molecule has 1 aromatic carbocycles. The molecule has 3 saturated carbocycles. The molecule has 6 atom stereocenters. The van der Waals surface area contributed by atoms with Crippen molar-refractivity contribution in [2.75, 3.05) is 0 Å². The number of allylic oxidation sites excluding steroid dienone is 1. The summed E-state index contributed by atoms with van der Waals surface area (Å²) in [4.78, 5) is 13.9. The molecule has 0 spiro atoms. The van der Waals surface area contributed by atoms with E-state index >= 15 is 0 Å². The summed E-state index contributed by atoms with van der Waals surface area (Å²) >= 11 is 1.54. The summed E-state index contributed by atoms with van der Waals surface area (Å²) in [5, 5.41) is 24.3. The van der Waals surface area contributed by atoms with E-state index in [2.05, 4.69) is 20.4 Å². The highest BCUT2D eigenvalue weighted by Crippen LogP contribution is 2.70. The summed E-state index contributed by atoms with van der Waals surface area (Å²) in [5.41, 5.74) is -1.30. The Kier molecular flexibility index (Phi) is 4.90. The summed E-state index contributed by atoms with van der Waals surface area (Å²) < 4.78 is 0. The van der Waals surface area contributed by atoms with E-state index in [9.17, 15) is 15.0 Å². The second kappa shape index (κ2) is 7.07. The van der Waals surface area contributed by atoms with Gasteiger partial charge in [0.25, 0.3) is 0 Å². The number of hydrogen-bond acceptors (Lipinski definition) is 4. The van der Waals surface area contributed by atoms with Crippen LogP contribution in [-0.2, 0) is 4.79 Å². The lowest BCUT2D eigenvalue weighted by molar-refractivity contribution is -0.208. The molecule has 3 fully saturated rings. The van der Waals surface area contributed by atoms with Crippen molar-refractivity contribution < 1.29 is 15.0 Å². The van der Waals surface area contributed by atoms with Gasteiger partial charge in [-0.3, -0.25) is 4.79 Å². The van der Waals surface area contributed by atoms with Crippen LogP contribution in [0.2, 0.25) is 0 Å². The molecule has 4 aliphatic rings. The summed E-state index contributed by atoms with van der Waals surface area (Å²) in [7, 11) is 0. The van der Waals surface area contributed by atoms with Crippen LogP contribution in [0.5, 0.6) is 0 Å². The third-order valence-electron chi connectivity index (χ3n) is 9.74. The van der Waals surface area contributed by atoms with Gasteiger partial charge in [-0.05, 0) is 80.4 Å². The third kappa shape index (κ3) is 2.84. The fraction of sp³-hybridized carbons (Fsp3) is 0.593. The normalized spacial score (nSPS) is 44.1. The zero-order valence-electron chi connectivity index (χ0n) is 18.7. The molecule has 0 amide bonds. The molecule has 0 bridgehead atoms. The van der Waals surface area contributed by atoms with E-state index in [1.807, 2.05) is 36.4 Å². The minimum absolute atomic E-state index is 0.00436. The van der Waals surface area contributed by atoms with Crippen molar-refractivity contribution in [1.29, 1.82) is 0 Å². The number of benzene rings is 1. The van der Waals surface area contributed by atoms with Gasteiger partial charge >= 0.3 is 0 Å². The van der Waals surface area contributed by atoms with Crippen LogP contribution in [0, 0.1) is 22.7 Å². The van der Waals surface area contributed by atoms with Crippen molar-refractivity contribution in [1.82, 2.24) is 0 Å². The van der Waals surface area contributed by atoms with Gasteiger partial charge in [0.05, 0.1) is 5.60 Å². The Hall–Kier alpha value is -1.36. The minimum atomic E-state index is -1.09. The monoisotopic (exact) mass is 438 g/mol. The molecular weight excluding hydrogens is 404 g/mol. The lowest BCUT2D eigenvalue weighted by Gasteiger charge is -2.62. The third-order valence-corrected chi connectivity index (χ3v) is 10.8. The standard InChI is InChI=1S/C27H34O3S/c1-18(31-21-7-5-4-6-8-21)26(29)15-16-27(30)23-10-9-19-17-20(28)11-13-24(19,2)22(23)12-14-25(26,27)3/h4-8,17,22-23,29-30H,1,9-16H2,2-3H3/t22-,23-,24+,25-,26?,27-/m1/s1. The highest BCUT2D eigenvalue weighted by molar-refractivity contribution is 8.03. The maximum Gasteiger partial charge on any atom is 0.155 e. The van der Waals surface area contributed by atoms with E-state index < -0.39 is 16.6 Å². The number of ketones is 1. The number of thioether (sulfide) groups is 1. The molecule has 3 nitrogen and oxygen atoms in total. The maximum atomic E-state index is 12.3. The van der Waals surface area contributed by atoms with Gasteiger partial charge in [-0.1, -0.05) is 56.0 Å².